The number of piperidine rings is 1. The smallest absolute Gasteiger partial charge is 0.313 e. The van der Waals surface area contributed by atoms with Crippen LogP contribution in [-0.2, 0) is 9.53 Å². The van der Waals surface area contributed by atoms with Crippen LogP contribution < -0.4 is 4.90 Å². The van der Waals surface area contributed by atoms with Gasteiger partial charge in [-0.25, -0.2) is 0 Å². The van der Waals surface area contributed by atoms with Crippen LogP contribution in [0.25, 0.3) is 0 Å². The average molecular weight is 261 g/mol. The van der Waals surface area contributed by atoms with E-state index in [0.717, 1.165) is 18.7 Å². The third-order valence-corrected chi connectivity index (χ3v) is 3.75. The van der Waals surface area contributed by atoms with Crippen molar-refractivity contribution in [1.82, 2.24) is 0 Å². The number of hydrogen-bond donors (Lipinski definition) is 0. The largest absolute Gasteiger partial charge is 0.466 e. The van der Waals surface area contributed by atoms with E-state index in [-0.39, 0.29) is 11.9 Å². The highest BCUT2D eigenvalue weighted by molar-refractivity contribution is 5.77. The van der Waals surface area contributed by atoms with Crippen LogP contribution in [0, 0.1) is 0 Å². The Labute approximate surface area is 115 Å². The van der Waals surface area contributed by atoms with Gasteiger partial charge in [0.1, 0.15) is 0 Å². The Kier molecular flexibility index (Phi) is 4.83. The number of hydrogen-bond acceptors (Lipinski definition) is 3. The molecule has 2 rings (SSSR count). The molecule has 0 aromatic heterocycles. The summed E-state index contributed by atoms with van der Waals surface area (Å²) in [7, 11) is 0. The molecule has 0 bridgehead atoms. The predicted molar refractivity (Wildman–Crippen MR) is 77.6 cm³/mol. The van der Waals surface area contributed by atoms with Crippen LogP contribution in [0.4, 0.5) is 5.69 Å². The Balaban J connectivity index is 2.03. The standard InChI is InChI=1S/C16H23NO2/c1-3-19-16(18)13(2)14-7-9-15(10-8-14)17-11-5-4-6-12-17/h7-10,13H,3-6,11-12H2,1-2H3/t13-/m1/s1. The molecule has 0 amide bonds. The maximum absolute atomic E-state index is 11.7. The molecule has 3 heteroatoms. The minimum atomic E-state index is -0.185. The zero-order chi connectivity index (χ0) is 13.7. The fraction of sp³-hybridized carbons (Fsp3) is 0.562. The van der Waals surface area contributed by atoms with E-state index in [1.807, 2.05) is 26.0 Å². The molecule has 0 spiro atoms. The van der Waals surface area contributed by atoms with Crippen molar-refractivity contribution < 1.29 is 9.53 Å². The topological polar surface area (TPSA) is 29.5 Å². The fourth-order valence-corrected chi connectivity index (χ4v) is 2.53. The van der Waals surface area contributed by atoms with E-state index in [1.54, 1.807) is 0 Å². The summed E-state index contributed by atoms with van der Waals surface area (Å²) in [6.07, 6.45) is 3.90. The number of rotatable bonds is 4. The van der Waals surface area contributed by atoms with Gasteiger partial charge in [-0.05, 0) is 50.8 Å². The Morgan fingerprint density at radius 2 is 1.84 bits per heavy atom. The van der Waals surface area contributed by atoms with E-state index in [2.05, 4.69) is 17.0 Å². The summed E-state index contributed by atoms with van der Waals surface area (Å²) in [6.45, 7) is 6.46. The molecule has 1 fully saturated rings. The minimum absolute atomic E-state index is 0.145. The lowest BCUT2D eigenvalue weighted by Gasteiger charge is -2.29. The molecule has 1 aromatic carbocycles. The molecule has 0 radical (unpaired) electrons. The van der Waals surface area contributed by atoms with Crippen molar-refractivity contribution >= 4 is 11.7 Å². The van der Waals surface area contributed by atoms with Crippen LogP contribution in [0.2, 0.25) is 0 Å². The molecule has 0 N–H and O–H groups in total. The highest BCUT2D eigenvalue weighted by atomic mass is 16.5. The maximum Gasteiger partial charge on any atom is 0.313 e. The van der Waals surface area contributed by atoms with Crippen LogP contribution in [0.5, 0.6) is 0 Å². The quantitative estimate of drug-likeness (QED) is 0.778. The molecule has 1 atom stereocenters. The molecule has 0 saturated carbocycles. The first-order valence-electron chi connectivity index (χ1n) is 7.24. The van der Waals surface area contributed by atoms with E-state index in [1.165, 1.54) is 24.9 Å². The second-order valence-corrected chi connectivity index (χ2v) is 5.11. The first-order chi connectivity index (χ1) is 9.22. The molecule has 1 heterocycles. The van der Waals surface area contributed by atoms with E-state index in [0.29, 0.717) is 6.61 Å². The van der Waals surface area contributed by atoms with Gasteiger partial charge in [0.15, 0.2) is 0 Å². The molecule has 19 heavy (non-hydrogen) atoms. The lowest BCUT2D eigenvalue weighted by Crippen LogP contribution is -2.29. The van der Waals surface area contributed by atoms with Crippen LogP contribution in [-0.4, -0.2) is 25.7 Å². The minimum Gasteiger partial charge on any atom is -0.466 e. The second kappa shape index (κ2) is 6.60. The van der Waals surface area contributed by atoms with E-state index in [9.17, 15) is 4.79 Å². The zero-order valence-corrected chi connectivity index (χ0v) is 11.9. The second-order valence-electron chi connectivity index (χ2n) is 5.11. The summed E-state index contributed by atoms with van der Waals surface area (Å²) in [4.78, 5) is 14.1. The van der Waals surface area contributed by atoms with Crippen molar-refractivity contribution in [2.45, 2.75) is 39.0 Å². The molecular weight excluding hydrogens is 238 g/mol. The highest BCUT2D eigenvalue weighted by Gasteiger charge is 2.17. The third-order valence-electron chi connectivity index (χ3n) is 3.75. The molecular formula is C16H23NO2. The molecule has 1 aliphatic heterocycles. The number of anilines is 1. The van der Waals surface area contributed by atoms with Crippen molar-refractivity contribution in [3.8, 4) is 0 Å². The summed E-state index contributed by atoms with van der Waals surface area (Å²) in [5.41, 5.74) is 2.29. The number of carbonyl (C=O) groups is 1. The molecule has 0 unspecified atom stereocenters. The predicted octanol–water partition coefficient (Wildman–Crippen LogP) is 3.34. The van der Waals surface area contributed by atoms with Gasteiger partial charge in [-0.1, -0.05) is 12.1 Å². The maximum atomic E-state index is 11.7. The number of nitrogens with zero attached hydrogens (tertiary/aromatic N) is 1. The lowest BCUT2D eigenvalue weighted by atomic mass is 10.0. The van der Waals surface area contributed by atoms with Gasteiger partial charge < -0.3 is 9.64 Å². The van der Waals surface area contributed by atoms with Crippen LogP contribution in [0.3, 0.4) is 0 Å². The number of ether oxygens (including phenoxy) is 1. The van der Waals surface area contributed by atoms with Crippen molar-refractivity contribution in [3.63, 3.8) is 0 Å². The molecule has 3 nitrogen and oxygen atoms in total. The van der Waals surface area contributed by atoms with Gasteiger partial charge in [0.25, 0.3) is 0 Å². The molecule has 1 saturated heterocycles. The highest BCUT2D eigenvalue weighted by Crippen LogP contribution is 2.23. The van der Waals surface area contributed by atoms with Crippen LogP contribution >= 0.6 is 0 Å². The van der Waals surface area contributed by atoms with Gasteiger partial charge in [0.2, 0.25) is 0 Å². The number of carbonyl (C=O) groups excluding carboxylic acids is 1. The molecule has 1 aliphatic rings. The van der Waals surface area contributed by atoms with Gasteiger partial charge in [-0.2, -0.15) is 0 Å². The molecule has 0 aliphatic carbocycles. The van der Waals surface area contributed by atoms with E-state index >= 15 is 0 Å². The summed E-state index contributed by atoms with van der Waals surface area (Å²) < 4.78 is 5.06. The molecule has 104 valence electrons. The van der Waals surface area contributed by atoms with Crippen LogP contribution in [0.1, 0.15) is 44.6 Å². The Morgan fingerprint density at radius 3 is 2.42 bits per heavy atom. The Morgan fingerprint density at radius 1 is 1.21 bits per heavy atom. The van der Waals surface area contributed by atoms with Crippen molar-refractivity contribution in [1.29, 1.82) is 0 Å². The Bertz CT molecular complexity index is 407. The third kappa shape index (κ3) is 3.49. The van der Waals surface area contributed by atoms with E-state index in [4.69, 9.17) is 4.74 Å². The summed E-state index contributed by atoms with van der Waals surface area (Å²) >= 11 is 0. The normalized spacial score (nSPS) is 17.1. The fourth-order valence-electron chi connectivity index (χ4n) is 2.53. The first-order valence-corrected chi connectivity index (χ1v) is 7.24. The van der Waals surface area contributed by atoms with Crippen molar-refractivity contribution in [2.75, 3.05) is 24.6 Å². The summed E-state index contributed by atoms with van der Waals surface area (Å²) in [6, 6.07) is 8.34. The summed E-state index contributed by atoms with van der Waals surface area (Å²) in [5, 5.41) is 0. The Hall–Kier alpha value is -1.51. The van der Waals surface area contributed by atoms with Gasteiger partial charge in [0, 0.05) is 18.8 Å². The SMILES string of the molecule is CCOC(=O)[C@H](C)c1ccc(N2CCCCC2)cc1. The van der Waals surface area contributed by atoms with Gasteiger partial charge in [-0.15, -0.1) is 0 Å². The monoisotopic (exact) mass is 261 g/mol. The van der Waals surface area contributed by atoms with E-state index < -0.39 is 0 Å². The van der Waals surface area contributed by atoms with Gasteiger partial charge in [0.05, 0.1) is 12.5 Å². The van der Waals surface area contributed by atoms with Crippen molar-refractivity contribution in [3.05, 3.63) is 29.8 Å². The van der Waals surface area contributed by atoms with Gasteiger partial charge >= 0.3 is 5.97 Å². The van der Waals surface area contributed by atoms with Gasteiger partial charge in [-0.3, -0.25) is 4.79 Å². The molecule has 1 aromatic rings. The summed E-state index contributed by atoms with van der Waals surface area (Å²) in [5.74, 6) is -0.330. The average Bonchev–Trinajstić information content (AvgIpc) is 2.48. The number of esters is 1. The number of benzene rings is 1. The van der Waals surface area contributed by atoms with Crippen LogP contribution in [0.15, 0.2) is 24.3 Å². The van der Waals surface area contributed by atoms with Crippen molar-refractivity contribution in [2.24, 2.45) is 0 Å². The first kappa shape index (κ1) is 13.9. The lowest BCUT2D eigenvalue weighted by molar-refractivity contribution is -0.144. The zero-order valence-electron chi connectivity index (χ0n) is 11.9.